The first-order chi connectivity index (χ1) is 12.1. The molecule has 0 radical (unpaired) electrons. The van der Waals surface area contributed by atoms with Crippen LogP contribution < -0.4 is 5.32 Å². The zero-order valence-corrected chi connectivity index (χ0v) is 15.0. The van der Waals surface area contributed by atoms with Crippen molar-refractivity contribution < 1.29 is 4.79 Å². The number of amides is 1. The Kier molecular flexibility index (Phi) is 5.67. The third kappa shape index (κ3) is 4.58. The summed E-state index contributed by atoms with van der Waals surface area (Å²) in [7, 11) is 1.74. The quantitative estimate of drug-likeness (QED) is 0.672. The number of carbonyl (C=O) groups is 1. The van der Waals surface area contributed by atoms with Gasteiger partial charge in [0.05, 0.1) is 11.8 Å². The van der Waals surface area contributed by atoms with Crippen LogP contribution in [0.2, 0.25) is 5.02 Å². The number of rotatable bonds is 6. The van der Waals surface area contributed by atoms with Gasteiger partial charge in [0.25, 0.3) is 0 Å². The molecule has 0 bridgehead atoms. The van der Waals surface area contributed by atoms with Crippen LogP contribution in [0.4, 0.5) is 0 Å². The Balaban J connectivity index is 1.74. The zero-order valence-electron chi connectivity index (χ0n) is 13.5. The summed E-state index contributed by atoms with van der Waals surface area (Å²) in [6.07, 6.45) is 0. The Labute approximate surface area is 154 Å². The molecule has 0 saturated carbocycles. The van der Waals surface area contributed by atoms with Gasteiger partial charge in [0.2, 0.25) is 11.1 Å². The summed E-state index contributed by atoms with van der Waals surface area (Å²) in [4.78, 5) is 12.4. The molecule has 128 valence electrons. The molecule has 1 atom stereocenters. The predicted molar refractivity (Wildman–Crippen MR) is 97.4 cm³/mol. The molecule has 3 aromatic rings. The van der Waals surface area contributed by atoms with Crippen LogP contribution in [-0.4, -0.2) is 31.9 Å². The monoisotopic (exact) mass is 373 g/mol. The van der Waals surface area contributed by atoms with E-state index in [0.717, 1.165) is 11.1 Å². The fourth-order valence-electron chi connectivity index (χ4n) is 2.34. The van der Waals surface area contributed by atoms with Gasteiger partial charge in [0.15, 0.2) is 0 Å². The second-order valence-corrected chi connectivity index (χ2v) is 6.72. The number of hydrogen-bond donors (Lipinski definition) is 1. The minimum atomic E-state index is -0.246. The number of hydrogen-bond acceptors (Lipinski definition) is 5. The van der Waals surface area contributed by atoms with Crippen LogP contribution >= 0.6 is 23.4 Å². The van der Waals surface area contributed by atoms with Crippen LogP contribution in [0.25, 0.3) is 0 Å². The summed E-state index contributed by atoms with van der Waals surface area (Å²) < 4.78 is 1.53. The van der Waals surface area contributed by atoms with Crippen LogP contribution in [0.1, 0.15) is 17.2 Å². The maximum Gasteiger partial charge on any atom is 0.231 e. The maximum atomic E-state index is 12.4. The summed E-state index contributed by atoms with van der Waals surface area (Å²) in [5.74, 6) is 0.127. The zero-order chi connectivity index (χ0) is 17.6. The SMILES string of the molecule is Cn1nnnc1SCC(=O)NC(c1ccccc1)c1ccc(Cl)cc1. The van der Waals surface area contributed by atoms with Crippen LogP contribution in [-0.2, 0) is 11.8 Å². The molecule has 0 spiro atoms. The molecular weight excluding hydrogens is 358 g/mol. The van der Waals surface area contributed by atoms with Gasteiger partial charge in [-0.25, -0.2) is 4.68 Å². The molecule has 0 aliphatic heterocycles. The largest absolute Gasteiger partial charge is 0.344 e. The first kappa shape index (κ1) is 17.4. The van der Waals surface area contributed by atoms with Gasteiger partial charge in [-0.2, -0.15) is 0 Å². The van der Waals surface area contributed by atoms with E-state index < -0.39 is 0 Å². The maximum absolute atomic E-state index is 12.4. The minimum absolute atomic E-state index is 0.100. The molecule has 1 heterocycles. The fraction of sp³-hybridized carbons (Fsp3) is 0.176. The van der Waals surface area contributed by atoms with E-state index in [9.17, 15) is 4.79 Å². The molecule has 1 amide bonds. The highest BCUT2D eigenvalue weighted by molar-refractivity contribution is 7.99. The van der Waals surface area contributed by atoms with Crippen molar-refractivity contribution in [2.75, 3.05) is 5.75 Å². The molecular formula is C17H16ClN5OS. The molecule has 2 aromatic carbocycles. The van der Waals surface area contributed by atoms with Crippen molar-refractivity contribution in [2.45, 2.75) is 11.2 Å². The highest BCUT2D eigenvalue weighted by Gasteiger charge is 2.17. The van der Waals surface area contributed by atoms with Gasteiger partial charge in [-0.3, -0.25) is 4.79 Å². The predicted octanol–water partition coefficient (Wildman–Crippen LogP) is 2.86. The van der Waals surface area contributed by atoms with E-state index in [0.29, 0.717) is 10.2 Å². The van der Waals surface area contributed by atoms with Crippen LogP contribution in [0, 0.1) is 0 Å². The van der Waals surface area contributed by atoms with Crippen molar-refractivity contribution in [3.05, 3.63) is 70.7 Å². The van der Waals surface area contributed by atoms with Gasteiger partial charge in [0.1, 0.15) is 0 Å². The lowest BCUT2D eigenvalue weighted by molar-refractivity contribution is -0.119. The molecule has 0 aliphatic carbocycles. The summed E-state index contributed by atoms with van der Waals surface area (Å²) in [5.41, 5.74) is 1.97. The first-order valence-electron chi connectivity index (χ1n) is 7.58. The summed E-state index contributed by atoms with van der Waals surface area (Å²) in [6, 6.07) is 17.0. The standard InChI is InChI=1S/C17H16ClN5OS/c1-23-17(20-21-22-23)25-11-15(24)19-16(12-5-3-2-4-6-12)13-7-9-14(18)10-8-13/h2-10,16H,11H2,1H3,(H,19,24). The number of tetrazole rings is 1. The smallest absolute Gasteiger partial charge is 0.231 e. The second-order valence-electron chi connectivity index (χ2n) is 5.34. The molecule has 25 heavy (non-hydrogen) atoms. The van der Waals surface area contributed by atoms with Gasteiger partial charge >= 0.3 is 0 Å². The molecule has 3 rings (SSSR count). The third-order valence-corrected chi connectivity index (χ3v) is 4.82. The molecule has 1 unspecified atom stereocenters. The lowest BCUT2D eigenvalue weighted by Gasteiger charge is -2.20. The van der Waals surface area contributed by atoms with Crippen LogP contribution in [0.3, 0.4) is 0 Å². The van der Waals surface area contributed by atoms with Crippen molar-refractivity contribution in [2.24, 2.45) is 7.05 Å². The van der Waals surface area contributed by atoms with Gasteiger partial charge in [-0.15, -0.1) is 5.10 Å². The van der Waals surface area contributed by atoms with Crippen molar-refractivity contribution in [3.8, 4) is 0 Å². The third-order valence-electron chi connectivity index (χ3n) is 3.56. The van der Waals surface area contributed by atoms with Crippen molar-refractivity contribution >= 4 is 29.3 Å². The van der Waals surface area contributed by atoms with Gasteiger partial charge in [0, 0.05) is 12.1 Å². The molecule has 0 saturated heterocycles. The number of benzene rings is 2. The van der Waals surface area contributed by atoms with E-state index in [1.807, 2.05) is 54.6 Å². The average Bonchev–Trinajstić information content (AvgIpc) is 3.04. The van der Waals surface area contributed by atoms with E-state index in [-0.39, 0.29) is 17.7 Å². The van der Waals surface area contributed by atoms with Gasteiger partial charge in [-0.1, -0.05) is 65.8 Å². The Morgan fingerprint density at radius 1 is 1.16 bits per heavy atom. The van der Waals surface area contributed by atoms with Crippen molar-refractivity contribution in [1.82, 2.24) is 25.5 Å². The van der Waals surface area contributed by atoms with E-state index in [4.69, 9.17) is 11.6 Å². The van der Waals surface area contributed by atoms with E-state index in [2.05, 4.69) is 20.8 Å². The molecule has 0 aliphatic rings. The van der Waals surface area contributed by atoms with E-state index in [1.165, 1.54) is 16.4 Å². The lowest BCUT2D eigenvalue weighted by atomic mass is 9.99. The molecule has 1 aromatic heterocycles. The van der Waals surface area contributed by atoms with E-state index >= 15 is 0 Å². The summed E-state index contributed by atoms with van der Waals surface area (Å²) >= 11 is 7.27. The first-order valence-corrected chi connectivity index (χ1v) is 8.95. The normalized spacial score (nSPS) is 11.9. The number of aromatic nitrogens is 4. The highest BCUT2D eigenvalue weighted by Crippen LogP contribution is 2.24. The number of nitrogens with one attached hydrogen (secondary N) is 1. The Morgan fingerprint density at radius 2 is 1.84 bits per heavy atom. The van der Waals surface area contributed by atoms with Crippen molar-refractivity contribution in [1.29, 1.82) is 0 Å². The Bertz CT molecular complexity index is 838. The molecule has 1 N–H and O–H groups in total. The summed E-state index contributed by atoms with van der Waals surface area (Å²) in [5, 5.41) is 15.5. The van der Waals surface area contributed by atoms with Gasteiger partial charge in [-0.05, 0) is 33.7 Å². The average molecular weight is 374 g/mol. The number of thioether (sulfide) groups is 1. The Hall–Kier alpha value is -2.38. The second kappa shape index (κ2) is 8.13. The number of carbonyl (C=O) groups excluding carboxylic acids is 1. The van der Waals surface area contributed by atoms with Crippen LogP contribution in [0.15, 0.2) is 59.8 Å². The number of halogens is 1. The number of nitrogens with zero attached hydrogens (tertiary/aromatic N) is 4. The van der Waals surface area contributed by atoms with Crippen LogP contribution in [0.5, 0.6) is 0 Å². The van der Waals surface area contributed by atoms with Gasteiger partial charge < -0.3 is 5.32 Å². The lowest BCUT2D eigenvalue weighted by Crippen LogP contribution is -2.30. The molecule has 6 nitrogen and oxygen atoms in total. The molecule has 0 fully saturated rings. The Morgan fingerprint density at radius 3 is 2.48 bits per heavy atom. The van der Waals surface area contributed by atoms with E-state index in [1.54, 1.807) is 7.05 Å². The fourth-order valence-corrected chi connectivity index (χ4v) is 3.12. The molecule has 8 heteroatoms. The highest BCUT2D eigenvalue weighted by atomic mass is 35.5. The number of aryl methyl sites for hydroxylation is 1. The van der Waals surface area contributed by atoms with Crippen molar-refractivity contribution in [3.63, 3.8) is 0 Å². The topological polar surface area (TPSA) is 72.7 Å². The minimum Gasteiger partial charge on any atom is -0.344 e. The summed E-state index contributed by atoms with van der Waals surface area (Å²) in [6.45, 7) is 0.